The molecule has 1 amide bonds. The van der Waals surface area contributed by atoms with E-state index >= 15 is 0 Å². The number of benzene rings is 1. The van der Waals surface area contributed by atoms with E-state index in [-0.39, 0.29) is 24.0 Å². The number of nitrogens with two attached hydrogens (primary N) is 1. The van der Waals surface area contributed by atoms with Crippen LogP contribution in [0.3, 0.4) is 0 Å². The highest BCUT2D eigenvalue weighted by atomic mass is 16.5. The van der Waals surface area contributed by atoms with Gasteiger partial charge in [-0.05, 0) is 31.2 Å². The number of ether oxygens (including phenoxy) is 1. The molecule has 2 saturated heterocycles. The average molecular weight is 288 g/mol. The zero-order valence-electron chi connectivity index (χ0n) is 12.4. The minimum Gasteiger partial charge on any atom is -0.373 e. The van der Waals surface area contributed by atoms with E-state index in [9.17, 15) is 4.79 Å². The Morgan fingerprint density at radius 2 is 1.86 bits per heavy atom. The molecular weight excluding hydrogens is 264 g/mol. The molecule has 0 bridgehead atoms. The summed E-state index contributed by atoms with van der Waals surface area (Å²) in [5, 5.41) is 0. The van der Waals surface area contributed by atoms with Gasteiger partial charge in [-0.3, -0.25) is 4.79 Å². The van der Waals surface area contributed by atoms with Crippen LogP contribution in [0.15, 0.2) is 30.3 Å². The number of nitrogens with zero attached hydrogens (tertiary/aromatic N) is 1. The second-order valence-electron chi connectivity index (χ2n) is 6.11. The third-order valence-electron chi connectivity index (χ3n) is 4.62. The molecule has 0 radical (unpaired) electrons. The minimum atomic E-state index is -0.0944. The second-order valence-corrected chi connectivity index (χ2v) is 6.11. The summed E-state index contributed by atoms with van der Waals surface area (Å²) >= 11 is 0. The quantitative estimate of drug-likeness (QED) is 0.906. The Morgan fingerprint density at radius 3 is 2.57 bits per heavy atom. The van der Waals surface area contributed by atoms with E-state index in [4.69, 9.17) is 10.5 Å². The molecule has 2 unspecified atom stereocenters. The lowest BCUT2D eigenvalue weighted by Gasteiger charge is -2.37. The van der Waals surface area contributed by atoms with E-state index in [2.05, 4.69) is 12.1 Å². The van der Waals surface area contributed by atoms with Crippen molar-refractivity contribution in [1.82, 2.24) is 4.90 Å². The molecule has 3 rings (SSSR count). The van der Waals surface area contributed by atoms with Crippen LogP contribution in [0.25, 0.3) is 0 Å². The average Bonchev–Trinajstić information content (AvgIpc) is 2.56. The first-order valence-corrected chi connectivity index (χ1v) is 7.96. The lowest BCUT2D eigenvalue weighted by atomic mass is 9.87. The van der Waals surface area contributed by atoms with Crippen molar-refractivity contribution in [1.29, 1.82) is 0 Å². The Morgan fingerprint density at radius 1 is 1.14 bits per heavy atom. The third kappa shape index (κ3) is 3.27. The fourth-order valence-corrected chi connectivity index (χ4v) is 3.36. The highest BCUT2D eigenvalue weighted by Gasteiger charge is 2.36. The monoisotopic (exact) mass is 288 g/mol. The van der Waals surface area contributed by atoms with E-state index in [1.165, 1.54) is 0 Å². The first-order valence-electron chi connectivity index (χ1n) is 7.96. The van der Waals surface area contributed by atoms with E-state index in [1.807, 2.05) is 23.1 Å². The first-order chi connectivity index (χ1) is 10.3. The molecule has 114 valence electrons. The number of carbonyl (C=O) groups excluding carboxylic acids is 1. The Labute approximate surface area is 126 Å². The van der Waals surface area contributed by atoms with Gasteiger partial charge in [0.25, 0.3) is 0 Å². The molecule has 4 nitrogen and oxygen atoms in total. The van der Waals surface area contributed by atoms with Crippen LogP contribution in [0, 0.1) is 5.92 Å². The second kappa shape index (κ2) is 6.58. The molecule has 0 saturated carbocycles. The molecule has 2 aliphatic heterocycles. The summed E-state index contributed by atoms with van der Waals surface area (Å²) in [4.78, 5) is 14.8. The standard InChI is InChI=1S/C17H24N2O2/c18-14-8-10-19(11-9-14)17(20)15-7-4-12-21-16(15)13-5-2-1-3-6-13/h1-3,5-6,14-16H,4,7-12,18H2. The van der Waals surface area contributed by atoms with Crippen LogP contribution < -0.4 is 5.73 Å². The maximum Gasteiger partial charge on any atom is 0.228 e. The molecule has 2 heterocycles. The van der Waals surface area contributed by atoms with Crippen molar-refractivity contribution in [2.24, 2.45) is 11.7 Å². The maximum absolute atomic E-state index is 12.8. The molecule has 2 N–H and O–H groups in total. The summed E-state index contributed by atoms with van der Waals surface area (Å²) in [5.74, 6) is 0.200. The first kappa shape index (κ1) is 14.5. The van der Waals surface area contributed by atoms with Crippen LogP contribution in [-0.4, -0.2) is 36.5 Å². The summed E-state index contributed by atoms with van der Waals surface area (Å²) in [7, 11) is 0. The van der Waals surface area contributed by atoms with Gasteiger partial charge in [0.1, 0.15) is 0 Å². The highest BCUT2D eigenvalue weighted by Crippen LogP contribution is 2.35. The Kier molecular flexibility index (Phi) is 4.56. The number of carbonyl (C=O) groups is 1. The van der Waals surface area contributed by atoms with Gasteiger partial charge in [0.15, 0.2) is 0 Å². The van der Waals surface area contributed by atoms with Gasteiger partial charge in [0.05, 0.1) is 12.0 Å². The number of hydrogen-bond acceptors (Lipinski definition) is 3. The summed E-state index contributed by atoms with van der Waals surface area (Å²) in [6.07, 6.45) is 3.61. The van der Waals surface area contributed by atoms with Crippen LogP contribution in [-0.2, 0) is 9.53 Å². The number of hydrogen-bond donors (Lipinski definition) is 1. The van der Waals surface area contributed by atoms with Gasteiger partial charge in [-0.1, -0.05) is 30.3 Å². The van der Waals surface area contributed by atoms with Crippen LogP contribution in [0.1, 0.15) is 37.4 Å². The van der Waals surface area contributed by atoms with E-state index in [0.717, 1.165) is 50.9 Å². The SMILES string of the molecule is NC1CCN(C(=O)C2CCCOC2c2ccccc2)CC1. The molecule has 0 aromatic heterocycles. The van der Waals surface area contributed by atoms with Gasteiger partial charge >= 0.3 is 0 Å². The summed E-state index contributed by atoms with van der Waals surface area (Å²) in [6.45, 7) is 2.32. The maximum atomic E-state index is 12.8. The molecule has 0 aliphatic carbocycles. The predicted molar refractivity (Wildman–Crippen MR) is 81.6 cm³/mol. The Bertz CT molecular complexity index is 469. The lowest BCUT2D eigenvalue weighted by molar-refractivity contribution is -0.146. The van der Waals surface area contributed by atoms with Gasteiger partial charge in [-0.2, -0.15) is 0 Å². The molecule has 0 spiro atoms. The zero-order valence-corrected chi connectivity index (χ0v) is 12.4. The number of amides is 1. The molecule has 4 heteroatoms. The summed E-state index contributed by atoms with van der Waals surface area (Å²) in [5.41, 5.74) is 7.05. The van der Waals surface area contributed by atoms with Gasteiger partial charge in [-0.15, -0.1) is 0 Å². The van der Waals surface area contributed by atoms with Crippen LogP contribution in [0.5, 0.6) is 0 Å². The predicted octanol–water partition coefficient (Wildman–Crippen LogP) is 2.10. The highest BCUT2D eigenvalue weighted by molar-refractivity contribution is 5.80. The Hall–Kier alpha value is -1.39. The Balaban J connectivity index is 1.73. The normalized spacial score (nSPS) is 27.6. The molecule has 21 heavy (non-hydrogen) atoms. The number of rotatable bonds is 2. The third-order valence-corrected chi connectivity index (χ3v) is 4.62. The fourth-order valence-electron chi connectivity index (χ4n) is 3.36. The van der Waals surface area contributed by atoms with Crippen LogP contribution in [0.4, 0.5) is 0 Å². The molecule has 2 aliphatic rings. The van der Waals surface area contributed by atoms with Crippen molar-refractivity contribution in [3.8, 4) is 0 Å². The fraction of sp³-hybridized carbons (Fsp3) is 0.588. The van der Waals surface area contributed by atoms with Crippen molar-refractivity contribution in [2.75, 3.05) is 19.7 Å². The van der Waals surface area contributed by atoms with Crippen molar-refractivity contribution < 1.29 is 9.53 Å². The lowest BCUT2D eigenvalue weighted by Crippen LogP contribution is -2.47. The van der Waals surface area contributed by atoms with Crippen molar-refractivity contribution in [3.63, 3.8) is 0 Å². The number of piperidine rings is 1. The zero-order chi connectivity index (χ0) is 14.7. The summed E-state index contributed by atoms with van der Waals surface area (Å²) < 4.78 is 5.94. The van der Waals surface area contributed by atoms with Gasteiger partial charge in [-0.25, -0.2) is 0 Å². The van der Waals surface area contributed by atoms with Gasteiger partial charge < -0.3 is 15.4 Å². The molecule has 2 atom stereocenters. The van der Waals surface area contributed by atoms with Gasteiger partial charge in [0.2, 0.25) is 5.91 Å². The van der Waals surface area contributed by atoms with E-state index in [0.29, 0.717) is 0 Å². The molecular formula is C17H24N2O2. The van der Waals surface area contributed by atoms with Crippen molar-refractivity contribution >= 4 is 5.91 Å². The van der Waals surface area contributed by atoms with Crippen LogP contribution in [0.2, 0.25) is 0 Å². The van der Waals surface area contributed by atoms with Crippen molar-refractivity contribution in [2.45, 2.75) is 37.8 Å². The molecule has 1 aromatic carbocycles. The van der Waals surface area contributed by atoms with Gasteiger partial charge in [0, 0.05) is 25.7 Å². The van der Waals surface area contributed by atoms with Crippen molar-refractivity contribution in [3.05, 3.63) is 35.9 Å². The van der Waals surface area contributed by atoms with E-state index in [1.54, 1.807) is 0 Å². The largest absolute Gasteiger partial charge is 0.373 e. The topological polar surface area (TPSA) is 55.6 Å². The van der Waals surface area contributed by atoms with E-state index < -0.39 is 0 Å². The smallest absolute Gasteiger partial charge is 0.228 e. The van der Waals surface area contributed by atoms with Crippen LogP contribution >= 0.6 is 0 Å². The summed E-state index contributed by atoms with van der Waals surface area (Å²) in [6, 6.07) is 10.4. The number of likely N-dealkylation sites (tertiary alicyclic amines) is 1. The molecule has 1 aromatic rings. The molecule has 2 fully saturated rings. The minimum absolute atomic E-state index is 0.0459.